The minimum Gasteiger partial charge on any atom is -0.494 e. The third-order valence-electron chi connectivity index (χ3n) is 3.66. The summed E-state index contributed by atoms with van der Waals surface area (Å²) in [6.45, 7) is 4.99. The molecule has 1 fully saturated rings. The number of amides is 1. The minimum atomic E-state index is 0.0103. The zero-order valence-electron chi connectivity index (χ0n) is 12.6. The smallest absolute Gasteiger partial charge is 0.225 e. The van der Waals surface area contributed by atoms with Gasteiger partial charge in [0.2, 0.25) is 5.91 Å². The van der Waals surface area contributed by atoms with Crippen molar-refractivity contribution < 1.29 is 14.3 Å². The topological polar surface area (TPSA) is 47.6 Å². The second kappa shape index (κ2) is 7.07. The number of carbonyl (C=O) groups is 1. The minimum absolute atomic E-state index is 0.0103. The van der Waals surface area contributed by atoms with Crippen LogP contribution in [0.5, 0.6) is 11.5 Å². The summed E-state index contributed by atoms with van der Waals surface area (Å²) < 4.78 is 11.0. The normalized spacial score (nSPS) is 15.4. The molecule has 1 aromatic carbocycles. The van der Waals surface area contributed by atoms with Crippen LogP contribution in [0.3, 0.4) is 0 Å². The molecule has 5 heteroatoms. The molecule has 0 bridgehead atoms. The van der Waals surface area contributed by atoms with Crippen LogP contribution < -0.4 is 14.8 Å². The van der Waals surface area contributed by atoms with Gasteiger partial charge in [0.05, 0.1) is 18.9 Å². The van der Waals surface area contributed by atoms with Gasteiger partial charge in [0.25, 0.3) is 0 Å². The summed E-state index contributed by atoms with van der Waals surface area (Å²) >= 11 is 4.34. The third kappa shape index (κ3) is 4.30. The van der Waals surface area contributed by atoms with Gasteiger partial charge < -0.3 is 14.8 Å². The van der Waals surface area contributed by atoms with E-state index in [1.165, 1.54) is 0 Å². The van der Waals surface area contributed by atoms with Crippen molar-refractivity contribution in [3.63, 3.8) is 0 Å². The van der Waals surface area contributed by atoms with Crippen LogP contribution in [-0.4, -0.2) is 24.9 Å². The fourth-order valence-corrected chi connectivity index (χ4v) is 2.68. The number of nitrogens with one attached hydrogen (secondary N) is 1. The molecule has 21 heavy (non-hydrogen) atoms. The summed E-state index contributed by atoms with van der Waals surface area (Å²) in [4.78, 5) is 12.2. The highest BCUT2D eigenvalue weighted by atomic mass is 32.1. The molecular weight excluding hydrogens is 286 g/mol. The second-order valence-corrected chi connectivity index (χ2v) is 5.72. The van der Waals surface area contributed by atoms with Crippen molar-refractivity contribution in [3.05, 3.63) is 18.2 Å². The maximum absolute atomic E-state index is 12.2. The van der Waals surface area contributed by atoms with Gasteiger partial charge in [0.15, 0.2) is 0 Å². The number of hydrogen-bond acceptors (Lipinski definition) is 4. The van der Waals surface area contributed by atoms with Crippen LogP contribution in [0.2, 0.25) is 0 Å². The fourth-order valence-electron chi connectivity index (χ4n) is 2.25. The van der Waals surface area contributed by atoms with Gasteiger partial charge in [0, 0.05) is 12.5 Å². The van der Waals surface area contributed by atoms with E-state index in [9.17, 15) is 4.79 Å². The first-order valence-electron chi connectivity index (χ1n) is 7.43. The summed E-state index contributed by atoms with van der Waals surface area (Å²) in [6, 6.07) is 5.49. The molecule has 1 amide bonds. The van der Waals surface area contributed by atoms with E-state index in [0.717, 1.165) is 24.3 Å². The number of anilines is 1. The average molecular weight is 309 g/mol. The summed E-state index contributed by atoms with van der Waals surface area (Å²) in [6.07, 6.45) is 2.68. The van der Waals surface area contributed by atoms with Crippen LogP contribution in [0.25, 0.3) is 0 Å². The molecule has 1 aliphatic carbocycles. The van der Waals surface area contributed by atoms with Gasteiger partial charge in [0.1, 0.15) is 11.5 Å². The molecule has 0 heterocycles. The highest BCUT2D eigenvalue weighted by molar-refractivity contribution is 7.80. The highest BCUT2D eigenvalue weighted by Gasteiger charge is 2.42. The van der Waals surface area contributed by atoms with Crippen molar-refractivity contribution in [3.8, 4) is 11.5 Å². The molecule has 0 aromatic heterocycles. The van der Waals surface area contributed by atoms with Crippen LogP contribution in [0, 0.1) is 5.41 Å². The summed E-state index contributed by atoms with van der Waals surface area (Å²) in [5.74, 6) is 2.17. The lowest BCUT2D eigenvalue weighted by Gasteiger charge is -2.15. The number of thiol groups is 1. The zero-order chi connectivity index (χ0) is 15.3. The van der Waals surface area contributed by atoms with Gasteiger partial charge in [-0.15, -0.1) is 0 Å². The lowest BCUT2D eigenvalue weighted by Crippen LogP contribution is -2.18. The molecule has 0 aliphatic heterocycles. The molecule has 2 rings (SSSR count). The largest absolute Gasteiger partial charge is 0.494 e. The van der Waals surface area contributed by atoms with E-state index in [1.807, 2.05) is 32.0 Å². The standard InChI is InChI=1S/C16H23NO3S/c1-3-19-12-5-6-14(20-4-2)13(9-12)17-15(18)10-16(11-21)7-8-16/h5-6,9,21H,3-4,7-8,10-11H2,1-2H3,(H,17,18). The number of ether oxygens (including phenoxy) is 2. The first-order valence-corrected chi connectivity index (χ1v) is 8.06. The first kappa shape index (κ1) is 16.0. The predicted molar refractivity (Wildman–Crippen MR) is 87.5 cm³/mol. The lowest BCUT2D eigenvalue weighted by atomic mass is 10.1. The molecule has 0 saturated heterocycles. The van der Waals surface area contributed by atoms with Crippen molar-refractivity contribution in [2.24, 2.45) is 5.41 Å². The molecule has 1 aromatic rings. The number of rotatable bonds is 8. The van der Waals surface area contributed by atoms with Gasteiger partial charge in [-0.1, -0.05) is 0 Å². The fraction of sp³-hybridized carbons (Fsp3) is 0.562. The van der Waals surface area contributed by atoms with Crippen LogP contribution >= 0.6 is 12.6 Å². The van der Waals surface area contributed by atoms with E-state index in [2.05, 4.69) is 17.9 Å². The Morgan fingerprint density at radius 2 is 2.00 bits per heavy atom. The summed E-state index contributed by atoms with van der Waals surface area (Å²) in [5.41, 5.74) is 0.777. The first-order chi connectivity index (χ1) is 10.1. The molecule has 116 valence electrons. The maximum Gasteiger partial charge on any atom is 0.225 e. The Morgan fingerprint density at radius 3 is 2.57 bits per heavy atom. The average Bonchev–Trinajstić information content (AvgIpc) is 3.22. The van der Waals surface area contributed by atoms with Crippen LogP contribution in [0.1, 0.15) is 33.1 Å². The van der Waals surface area contributed by atoms with E-state index in [1.54, 1.807) is 0 Å². The van der Waals surface area contributed by atoms with Crippen molar-refractivity contribution in [1.82, 2.24) is 0 Å². The van der Waals surface area contributed by atoms with E-state index in [-0.39, 0.29) is 11.3 Å². The highest BCUT2D eigenvalue weighted by Crippen LogP contribution is 2.49. The lowest BCUT2D eigenvalue weighted by molar-refractivity contribution is -0.117. The van der Waals surface area contributed by atoms with Crippen molar-refractivity contribution in [2.75, 3.05) is 24.3 Å². The van der Waals surface area contributed by atoms with Gasteiger partial charge in [-0.2, -0.15) is 12.6 Å². The molecule has 1 N–H and O–H groups in total. The number of benzene rings is 1. The van der Waals surface area contributed by atoms with E-state index in [4.69, 9.17) is 9.47 Å². The van der Waals surface area contributed by atoms with Gasteiger partial charge >= 0.3 is 0 Å². The second-order valence-electron chi connectivity index (χ2n) is 5.41. The van der Waals surface area contributed by atoms with E-state index < -0.39 is 0 Å². The van der Waals surface area contributed by atoms with Crippen LogP contribution in [-0.2, 0) is 4.79 Å². The zero-order valence-corrected chi connectivity index (χ0v) is 13.5. The van der Waals surface area contributed by atoms with E-state index >= 15 is 0 Å². The molecule has 0 spiro atoms. The molecule has 0 radical (unpaired) electrons. The van der Waals surface area contributed by atoms with Crippen molar-refractivity contribution in [1.29, 1.82) is 0 Å². The molecule has 1 saturated carbocycles. The van der Waals surface area contributed by atoms with E-state index in [0.29, 0.717) is 31.1 Å². The maximum atomic E-state index is 12.2. The molecule has 4 nitrogen and oxygen atoms in total. The molecular formula is C16H23NO3S. The summed E-state index contributed by atoms with van der Waals surface area (Å²) in [5, 5.41) is 2.95. The molecule has 0 unspecified atom stereocenters. The monoisotopic (exact) mass is 309 g/mol. The Kier molecular flexibility index (Phi) is 5.39. The Labute approximate surface area is 131 Å². The quantitative estimate of drug-likeness (QED) is 0.722. The third-order valence-corrected chi connectivity index (χ3v) is 4.33. The Morgan fingerprint density at radius 1 is 1.29 bits per heavy atom. The number of carbonyl (C=O) groups excluding carboxylic acids is 1. The molecule has 0 atom stereocenters. The Balaban J connectivity index is 2.08. The van der Waals surface area contributed by atoms with Gasteiger partial charge in [-0.05, 0) is 50.0 Å². The van der Waals surface area contributed by atoms with Gasteiger partial charge in [-0.3, -0.25) is 4.79 Å². The van der Waals surface area contributed by atoms with Crippen LogP contribution in [0.15, 0.2) is 18.2 Å². The molecule has 1 aliphatic rings. The Hall–Kier alpha value is -1.36. The van der Waals surface area contributed by atoms with Gasteiger partial charge in [-0.25, -0.2) is 0 Å². The van der Waals surface area contributed by atoms with Crippen molar-refractivity contribution in [2.45, 2.75) is 33.1 Å². The number of hydrogen-bond donors (Lipinski definition) is 2. The van der Waals surface area contributed by atoms with Crippen LogP contribution in [0.4, 0.5) is 5.69 Å². The van der Waals surface area contributed by atoms with Crippen molar-refractivity contribution >= 4 is 24.2 Å². The predicted octanol–water partition coefficient (Wildman–Crippen LogP) is 3.52. The SMILES string of the molecule is CCOc1ccc(OCC)c(NC(=O)CC2(CS)CC2)c1. The summed E-state index contributed by atoms with van der Waals surface area (Å²) in [7, 11) is 0. The Bertz CT molecular complexity index is 500.